The van der Waals surface area contributed by atoms with Crippen LogP contribution in [-0.4, -0.2) is 39.7 Å². The van der Waals surface area contributed by atoms with Crippen LogP contribution in [0.1, 0.15) is 37.0 Å². The topological polar surface area (TPSA) is 87.3 Å². The highest BCUT2D eigenvalue weighted by atomic mass is 35.5. The van der Waals surface area contributed by atoms with Gasteiger partial charge in [-0.05, 0) is 37.6 Å². The summed E-state index contributed by atoms with van der Waals surface area (Å²) < 4.78 is 25.9. The van der Waals surface area contributed by atoms with Gasteiger partial charge in [-0.1, -0.05) is 19.9 Å². The minimum atomic E-state index is -3.35. The van der Waals surface area contributed by atoms with Gasteiger partial charge in [0.25, 0.3) is 5.91 Å². The van der Waals surface area contributed by atoms with Crippen molar-refractivity contribution in [1.29, 1.82) is 0 Å². The zero-order valence-corrected chi connectivity index (χ0v) is 15.2. The minimum absolute atomic E-state index is 0. The molecule has 0 spiro atoms. The van der Waals surface area contributed by atoms with Gasteiger partial charge in [-0.15, -0.1) is 12.4 Å². The van der Waals surface area contributed by atoms with Gasteiger partial charge in [0.1, 0.15) is 0 Å². The van der Waals surface area contributed by atoms with E-state index in [9.17, 15) is 13.2 Å². The molecule has 0 aromatic heterocycles. The predicted molar refractivity (Wildman–Crippen MR) is 96.9 cm³/mol. The number of hydrogen-bond acceptors (Lipinski definition) is 4. The lowest BCUT2D eigenvalue weighted by Gasteiger charge is -2.09. The highest BCUT2D eigenvalue weighted by Gasteiger charge is 2.11. The van der Waals surface area contributed by atoms with Crippen LogP contribution < -0.4 is 15.4 Å². The highest BCUT2D eigenvalue weighted by Crippen LogP contribution is 2.12. The zero-order valence-electron chi connectivity index (χ0n) is 13.6. The van der Waals surface area contributed by atoms with Gasteiger partial charge < -0.3 is 10.6 Å². The fourth-order valence-corrected chi connectivity index (χ4v) is 3.02. The second kappa shape index (κ2) is 11.3. The molecule has 0 saturated carbocycles. The number of halogens is 1. The average Bonchev–Trinajstić information content (AvgIpc) is 2.46. The number of amides is 1. The molecule has 23 heavy (non-hydrogen) atoms. The molecule has 1 aromatic rings. The molecule has 1 rings (SSSR count). The van der Waals surface area contributed by atoms with Crippen LogP contribution in [0.3, 0.4) is 0 Å². The summed E-state index contributed by atoms with van der Waals surface area (Å²) in [6, 6.07) is 6.50. The van der Waals surface area contributed by atoms with Gasteiger partial charge in [0.15, 0.2) is 0 Å². The molecule has 0 heterocycles. The number of anilines is 1. The molecule has 6 nitrogen and oxygen atoms in total. The molecule has 0 fully saturated rings. The molecular formula is C15H26ClN3O3S. The van der Waals surface area contributed by atoms with Crippen molar-refractivity contribution in [2.24, 2.45) is 0 Å². The maximum atomic E-state index is 12.0. The van der Waals surface area contributed by atoms with Gasteiger partial charge in [0, 0.05) is 24.3 Å². The van der Waals surface area contributed by atoms with Gasteiger partial charge in [-0.2, -0.15) is 0 Å². The lowest BCUT2D eigenvalue weighted by Crippen LogP contribution is -2.32. The molecule has 0 unspecified atom stereocenters. The van der Waals surface area contributed by atoms with Crippen molar-refractivity contribution in [1.82, 2.24) is 10.6 Å². The Morgan fingerprint density at radius 2 is 1.83 bits per heavy atom. The Hall–Kier alpha value is -1.31. The van der Waals surface area contributed by atoms with Gasteiger partial charge in [0.05, 0.1) is 5.75 Å². The summed E-state index contributed by atoms with van der Waals surface area (Å²) in [5, 5.41) is 5.99. The van der Waals surface area contributed by atoms with E-state index in [4.69, 9.17) is 0 Å². The number of nitrogens with one attached hydrogen (secondary N) is 3. The molecule has 0 aliphatic rings. The van der Waals surface area contributed by atoms with Crippen molar-refractivity contribution < 1.29 is 13.2 Å². The quantitative estimate of drug-likeness (QED) is 0.555. The van der Waals surface area contributed by atoms with E-state index in [1.54, 1.807) is 31.2 Å². The lowest BCUT2D eigenvalue weighted by atomic mass is 10.2. The van der Waals surface area contributed by atoms with Crippen molar-refractivity contribution in [2.75, 3.05) is 30.1 Å². The molecule has 0 aliphatic heterocycles. The third kappa shape index (κ3) is 8.78. The van der Waals surface area contributed by atoms with E-state index in [-0.39, 0.29) is 24.1 Å². The summed E-state index contributed by atoms with van der Waals surface area (Å²) >= 11 is 0. The number of hydrogen-bond donors (Lipinski definition) is 3. The van der Waals surface area contributed by atoms with Crippen LogP contribution in [0.15, 0.2) is 24.3 Å². The first kappa shape index (κ1) is 21.7. The summed E-state index contributed by atoms with van der Waals surface area (Å²) in [7, 11) is -3.35. The SMILES string of the molecule is CCCNCCNC(=O)c1cccc(NS(=O)(=O)CCC)c1.Cl. The third-order valence-corrected chi connectivity index (χ3v) is 4.38. The molecule has 3 N–H and O–H groups in total. The van der Waals surface area contributed by atoms with E-state index in [1.807, 2.05) is 0 Å². The number of carbonyl (C=O) groups excluding carboxylic acids is 1. The van der Waals surface area contributed by atoms with Crippen LogP contribution in [0.5, 0.6) is 0 Å². The largest absolute Gasteiger partial charge is 0.351 e. The van der Waals surface area contributed by atoms with E-state index in [0.29, 0.717) is 30.8 Å². The van der Waals surface area contributed by atoms with E-state index < -0.39 is 10.0 Å². The fourth-order valence-electron chi connectivity index (χ4n) is 1.89. The molecule has 8 heteroatoms. The van der Waals surface area contributed by atoms with E-state index in [2.05, 4.69) is 22.3 Å². The highest BCUT2D eigenvalue weighted by molar-refractivity contribution is 7.92. The number of sulfonamides is 1. The molecule has 0 bridgehead atoms. The third-order valence-electron chi connectivity index (χ3n) is 2.89. The molecule has 132 valence electrons. The normalized spacial score (nSPS) is 10.7. The number of rotatable bonds is 10. The monoisotopic (exact) mass is 363 g/mol. The number of carbonyl (C=O) groups is 1. The van der Waals surface area contributed by atoms with Gasteiger partial charge in [-0.25, -0.2) is 8.42 Å². The Labute approximate surface area is 144 Å². The van der Waals surface area contributed by atoms with E-state index in [1.165, 1.54) is 0 Å². The molecule has 1 aromatic carbocycles. The smallest absolute Gasteiger partial charge is 0.251 e. The Bertz CT molecular complexity index is 579. The van der Waals surface area contributed by atoms with Gasteiger partial charge >= 0.3 is 0 Å². The molecule has 0 saturated heterocycles. The van der Waals surface area contributed by atoms with Crippen LogP contribution in [0.4, 0.5) is 5.69 Å². The maximum Gasteiger partial charge on any atom is 0.251 e. The van der Waals surface area contributed by atoms with Crippen LogP contribution >= 0.6 is 12.4 Å². The summed E-state index contributed by atoms with van der Waals surface area (Å²) in [4.78, 5) is 12.0. The van der Waals surface area contributed by atoms with Crippen LogP contribution in [0.25, 0.3) is 0 Å². The maximum absolute atomic E-state index is 12.0. The minimum Gasteiger partial charge on any atom is -0.351 e. The van der Waals surface area contributed by atoms with Crippen molar-refractivity contribution in [2.45, 2.75) is 26.7 Å². The molecule has 0 radical (unpaired) electrons. The standard InChI is InChI=1S/C15H25N3O3S.ClH/c1-3-8-16-9-10-17-15(19)13-6-5-7-14(12-13)18-22(20,21)11-4-2;/h5-7,12,16,18H,3-4,8-11H2,1-2H3,(H,17,19);1H. The number of benzene rings is 1. The Balaban J connectivity index is 0.00000484. The fraction of sp³-hybridized carbons (Fsp3) is 0.533. The predicted octanol–water partition coefficient (Wildman–Crippen LogP) is 1.99. The first-order valence-corrected chi connectivity index (χ1v) is 9.23. The molecule has 0 aliphatic carbocycles. The Kier molecular flexibility index (Phi) is 10.6. The van der Waals surface area contributed by atoms with Crippen molar-refractivity contribution in [3.63, 3.8) is 0 Å². The van der Waals surface area contributed by atoms with Gasteiger partial charge in [0.2, 0.25) is 10.0 Å². The summed E-state index contributed by atoms with van der Waals surface area (Å²) in [6.45, 7) is 6.05. The molecular weight excluding hydrogens is 338 g/mol. The Morgan fingerprint density at radius 1 is 1.09 bits per heavy atom. The molecule has 0 atom stereocenters. The second-order valence-electron chi connectivity index (χ2n) is 5.01. The van der Waals surface area contributed by atoms with Crippen LogP contribution in [-0.2, 0) is 10.0 Å². The van der Waals surface area contributed by atoms with E-state index in [0.717, 1.165) is 13.0 Å². The summed E-state index contributed by atoms with van der Waals surface area (Å²) in [5.74, 6) is -0.151. The summed E-state index contributed by atoms with van der Waals surface area (Å²) in [5.41, 5.74) is 0.845. The Morgan fingerprint density at radius 3 is 2.48 bits per heavy atom. The van der Waals surface area contributed by atoms with Crippen molar-refractivity contribution >= 4 is 34.0 Å². The lowest BCUT2D eigenvalue weighted by molar-refractivity contribution is 0.0954. The van der Waals surface area contributed by atoms with Crippen LogP contribution in [0, 0.1) is 0 Å². The average molecular weight is 364 g/mol. The van der Waals surface area contributed by atoms with Gasteiger partial charge in [-0.3, -0.25) is 9.52 Å². The van der Waals surface area contributed by atoms with Crippen LogP contribution in [0.2, 0.25) is 0 Å². The van der Waals surface area contributed by atoms with Crippen molar-refractivity contribution in [3.05, 3.63) is 29.8 Å². The second-order valence-corrected chi connectivity index (χ2v) is 6.85. The summed E-state index contributed by atoms with van der Waals surface area (Å²) in [6.07, 6.45) is 1.59. The first-order chi connectivity index (χ1) is 10.5. The first-order valence-electron chi connectivity index (χ1n) is 7.58. The molecule has 1 amide bonds. The van der Waals surface area contributed by atoms with Crippen molar-refractivity contribution in [3.8, 4) is 0 Å². The zero-order chi connectivity index (χ0) is 16.4. The van der Waals surface area contributed by atoms with E-state index >= 15 is 0 Å².